The van der Waals surface area contributed by atoms with Crippen LogP contribution in [0.2, 0.25) is 5.02 Å². The summed E-state index contributed by atoms with van der Waals surface area (Å²) in [5.41, 5.74) is 0.566. The van der Waals surface area contributed by atoms with Crippen molar-refractivity contribution in [1.82, 2.24) is 14.9 Å². The second kappa shape index (κ2) is 7.10. The molecule has 0 unspecified atom stereocenters. The van der Waals surface area contributed by atoms with Crippen LogP contribution in [-0.2, 0) is 25.7 Å². The van der Waals surface area contributed by atoms with Crippen molar-refractivity contribution in [1.29, 1.82) is 0 Å². The van der Waals surface area contributed by atoms with Crippen molar-refractivity contribution in [3.8, 4) is 11.3 Å². The molecule has 4 rings (SSSR count). The van der Waals surface area contributed by atoms with Crippen LogP contribution in [0, 0.1) is 0 Å². The standard InChI is InChI=1S/C19H15ClF3N3O2/c20-12-3-1-2-11(8-12)16-5-4-13(28-16)9-26-7-6-15-14(10-26)17(27)25-18(24-15)19(21,22)23/h1-5,8H,6-7,9-10H2,(H,24,25,27). The zero-order valence-electron chi connectivity index (χ0n) is 14.5. The minimum absolute atomic E-state index is 0.200. The van der Waals surface area contributed by atoms with Crippen LogP contribution in [0.15, 0.2) is 45.6 Å². The molecule has 0 aliphatic carbocycles. The lowest BCUT2D eigenvalue weighted by molar-refractivity contribution is -0.145. The monoisotopic (exact) mass is 409 g/mol. The fraction of sp³-hybridized carbons (Fsp3) is 0.263. The number of rotatable bonds is 3. The first-order valence-corrected chi connectivity index (χ1v) is 8.93. The Kier molecular flexibility index (Phi) is 4.76. The number of halogens is 4. The predicted molar refractivity (Wildman–Crippen MR) is 96.8 cm³/mol. The van der Waals surface area contributed by atoms with E-state index in [2.05, 4.69) is 4.98 Å². The first-order valence-electron chi connectivity index (χ1n) is 8.56. The molecule has 146 valence electrons. The van der Waals surface area contributed by atoms with E-state index in [1.807, 2.05) is 34.1 Å². The highest BCUT2D eigenvalue weighted by Crippen LogP contribution is 2.28. The Morgan fingerprint density at radius 2 is 2.07 bits per heavy atom. The van der Waals surface area contributed by atoms with Crippen molar-refractivity contribution in [2.45, 2.75) is 25.7 Å². The van der Waals surface area contributed by atoms with E-state index in [1.165, 1.54) is 0 Å². The number of furan rings is 1. The van der Waals surface area contributed by atoms with Gasteiger partial charge in [0, 0.05) is 30.1 Å². The Labute approximate surface area is 162 Å². The summed E-state index contributed by atoms with van der Waals surface area (Å²) in [5, 5.41) is 0.605. The first kappa shape index (κ1) is 18.8. The van der Waals surface area contributed by atoms with Crippen molar-refractivity contribution < 1.29 is 17.6 Å². The Bertz CT molecular complexity index is 1070. The molecule has 1 aliphatic heterocycles. The molecule has 0 atom stereocenters. The van der Waals surface area contributed by atoms with Crippen LogP contribution in [0.1, 0.15) is 22.8 Å². The third-order valence-corrected chi connectivity index (χ3v) is 4.80. The molecule has 5 nitrogen and oxygen atoms in total. The largest absolute Gasteiger partial charge is 0.460 e. The molecule has 28 heavy (non-hydrogen) atoms. The molecule has 0 amide bonds. The zero-order valence-corrected chi connectivity index (χ0v) is 15.3. The number of nitrogens with one attached hydrogen (secondary N) is 1. The van der Waals surface area contributed by atoms with Gasteiger partial charge in [-0.05, 0) is 24.3 Å². The summed E-state index contributed by atoms with van der Waals surface area (Å²) in [6, 6.07) is 11.0. The first-order chi connectivity index (χ1) is 13.3. The zero-order chi connectivity index (χ0) is 19.9. The fourth-order valence-electron chi connectivity index (χ4n) is 3.23. The Balaban J connectivity index is 1.51. The van der Waals surface area contributed by atoms with E-state index in [4.69, 9.17) is 16.0 Å². The lowest BCUT2D eigenvalue weighted by atomic mass is 10.1. The molecule has 0 fully saturated rings. The molecule has 0 saturated carbocycles. The lowest BCUT2D eigenvalue weighted by Crippen LogP contribution is -2.36. The highest BCUT2D eigenvalue weighted by molar-refractivity contribution is 6.30. The fourth-order valence-corrected chi connectivity index (χ4v) is 3.42. The SMILES string of the molecule is O=c1[nH]c(C(F)(F)F)nc2c1CN(Cc1ccc(-c3cccc(Cl)c3)o1)CC2. The Morgan fingerprint density at radius 1 is 1.25 bits per heavy atom. The van der Waals surface area contributed by atoms with Gasteiger partial charge in [0.05, 0.1) is 17.8 Å². The number of hydrogen-bond acceptors (Lipinski definition) is 4. The normalized spacial score (nSPS) is 14.9. The van der Waals surface area contributed by atoms with E-state index in [0.29, 0.717) is 29.6 Å². The molecule has 2 aromatic heterocycles. The van der Waals surface area contributed by atoms with Gasteiger partial charge in [0.1, 0.15) is 11.5 Å². The van der Waals surface area contributed by atoms with Gasteiger partial charge in [-0.2, -0.15) is 13.2 Å². The van der Waals surface area contributed by atoms with Gasteiger partial charge in [0.2, 0.25) is 5.82 Å². The van der Waals surface area contributed by atoms with Gasteiger partial charge in [-0.3, -0.25) is 9.69 Å². The van der Waals surface area contributed by atoms with Crippen LogP contribution >= 0.6 is 11.6 Å². The van der Waals surface area contributed by atoms with Gasteiger partial charge in [0.25, 0.3) is 5.56 Å². The van der Waals surface area contributed by atoms with Gasteiger partial charge in [0.15, 0.2) is 0 Å². The topological polar surface area (TPSA) is 62.1 Å². The number of aromatic amines is 1. The number of benzene rings is 1. The maximum Gasteiger partial charge on any atom is 0.449 e. The minimum atomic E-state index is -4.67. The summed E-state index contributed by atoms with van der Waals surface area (Å²) in [4.78, 5) is 19.5. The van der Waals surface area contributed by atoms with Crippen molar-refractivity contribution in [2.24, 2.45) is 0 Å². The molecular weight excluding hydrogens is 395 g/mol. The maximum absolute atomic E-state index is 12.8. The molecule has 0 bridgehead atoms. The average molecular weight is 410 g/mol. The van der Waals surface area contributed by atoms with Crippen LogP contribution in [0.4, 0.5) is 13.2 Å². The van der Waals surface area contributed by atoms with E-state index in [1.54, 1.807) is 12.1 Å². The van der Waals surface area contributed by atoms with E-state index in [-0.39, 0.29) is 24.2 Å². The summed E-state index contributed by atoms with van der Waals surface area (Å²) < 4.78 is 44.3. The van der Waals surface area contributed by atoms with Crippen LogP contribution in [-0.4, -0.2) is 21.4 Å². The number of nitrogens with zero attached hydrogens (tertiary/aromatic N) is 2. The van der Waals surface area contributed by atoms with E-state index >= 15 is 0 Å². The molecule has 1 aliphatic rings. The summed E-state index contributed by atoms with van der Waals surface area (Å²) in [6.07, 6.45) is -4.40. The number of fused-ring (bicyclic) bond motifs is 1. The molecule has 9 heteroatoms. The van der Waals surface area contributed by atoms with Crippen LogP contribution in [0.5, 0.6) is 0 Å². The van der Waals surface area contributed by atoms with Crippen LogP contribution in [0.25, 0.3) is 11.3 Å². The third-order valence-electron chi connectivity index (χ3n) is 4.57. The number of hydrogen-bond donors (Lipinski definition) is 1. The summed E-state index contributed by atoms with van der Waals surface area (Å²) >= 11 is 6.00. The Hall–Kier alpha value is -2.58. The van der Waals surface area contributed by atoms with Crippen molar-refractivity contribution >= 4 is 11.6 Å². The third kappa shape index (κ3) is 3.83. The molecule has 1 aromatic carbocycles. The van der Waals surface area contributed by atoms with Crippen molar-refractivity contribution in [3.63, 3.8) is 0 Å². The van der Waals surface area contributed by atoms with Gasteiger partial charge in [-0.15, -0.1) is 0 Å². The quantitative estimate of drug-likeness (QED) is 0.702. The number of aromatic nitrogens is 2. The van der Waals surface area contributed by atoms with Crippen LogP contribution in [0.3, 0.4) is 0 Å². The Morgan fingerprint density at radius 3 is 2.82 bits per heavy atom. The lowest BCUT2D eigenvalue weighted by Gasteiger charge is -2.27. The van der Waals surface area contributed by atoms with Crippen molar-refractivity contribution in [3.05, 3.63) is 74.6 Å². The highest BCUT2D eigenvalue weighted by atomic mass is 35.5. The average Bonchev–Trinajstić information content (AvgIpc) is 3.10. The molecule has 3 aromatic rings. The molecular formula is C19H15ClF3N3O2. The van der Waals surface area contributed by atoms with Gasteiger partial charge in [-0.1, -0.05) is 23.7 Å². The molecule has 3 heterocycles. The molecule has 0 saturated heterocycles. The minimum Gasteiger partial charge on any atom is -0.460 e. The van der Waals surface area contributed by atoms with E-state index in [9.17, 15) is 18.0 Å². The van der Waals surface area contributed by atoms with E-state index < -0.39 is 17.6 Å². The summed E-state index contributed by atoms with van der Waals surface area (Å²) in [6.45, 7) is 1.12. The van der Waals surface area contributed by atoms with Gasteiger partial charge < -0.3 is 9.40 Å². The second-order valence-electron chi connectivity index (χ2n) is 6.57. The van der Waals surface area contributed by atoms with Gasteiger partial charge >= 0.3 is 6.18 Å². The second-order valence-corrected chi connectivity index (χ2v) is 7.01. The molecule has 1 N–H and O–H groups in total. The maximum atomic E-state index is 12.8. The summed E-state index contributed by atoms with van der Waals surface area (Å²) in [7, 11) is 0. The molecule has 0 spiro atoms. The highest BCUT2D eigenvalue weighted by Gasteiger charge is 2.36. The van der Waals surface area contributed by atoms with Gasteiger partial charge in [-0.25, -0.2) is 4.98 Å². The number of H-pyrrole nitrogens is 1. The molecule has 0 radical (unpaired) electrons. The van der Waals surface area contributed by atoms with E-state index in [0.717, 1.165) is 5.56 Å². The summed E-state index contributed by atoms with van der Waals surface area (Å²) in [5.74, 6) is 0.112. The van der Waals surface area contributed by atoms with Crippen molar-refractivity contribution in [2.75, 3.05) is 6.54 Å². The number of alkyl halides is 3. The van der Waals surface area contributed by atoms with Crippen LogP contribution < -0.4 is 5.56 Å². The predicted octanol–water partition coefficient (Wildman–Crippen LogP) is 4.26. The smallest absolute Gasteiger partial charge is 0.449 e.